The zero-order chi connectivity index (χ0) is 13.7. The fourth-order valence-corrected chi connectivity index (χ4v) is 2.34. The molecular weight excluding hydrogens is 256 g/mol. The lowest BCUT2D eigenvalue weighted by Gasteiger charge is -2.08. The van der Waals surface area contributed by atoms with Gasteiger partial charge in [-0.05, 0) is 42.2 Å². The highest BCUT2D eigenvalue weighted by Crippen LogP contribution is 2.30. The Labute approximate surface area is 120 Å². The van der Waals surface area contributed by atoms with Crippen molar-refractivity contribution in [3.8, 4) is 16.9 Å². The zero-order valence-electron chi connectivity index (χ0n) is 11.4. The minimum atomic E-state index is 0.630. The molecule has 2 rings (SSSR count). The van der Waals surface area contributed by atoms with Gasteiger partial charge in [-0.1, -0.05) is 55.3 Å². The first-order valence-corrected chi connectivity index (χ1v) is 7.14. The van der Waals surface area contributed by atoms with E-state index in [-0.39, 0.29) is 0 Å². The molecule has 0 aliphatic carbocycles. The summed E-state index contributed by atoms with van der Waals surface area (Å²) in [4.78, 5) is 0. The van der Waals surface area contributed by atoms with Crippen LogP contribution in [0.25, 0.3) is 11.1 Å². The van der Waals surface area contributed by atoms with Crippen LogP contribution in [0.4, 0.5) is 0 Å². The molecule has 0 aliphatic rings. The molecule has 19 heavy (non-hydrogen) atoms. The third-order valence-corrected chi connectivity index (χ3v) is 3.35. The SMILES string of the molecule is CCCc1ccc(-c2ccc(OCC)c(Cl)c2)cc1. The lowest BCUT2D eigenvalue weighted by atomic mass is 10.0. The summed E-state index contributed by atoms with van der Waals surface area (Å²) in [5.74, 6) is 0.746. The average Bonchev–Trinajstić information content (AvgIpc) is 2.43. The molecule has 1 nitrogen and oxygen atoms in total. The second-order valence-corrected chi connectivity index (χ2v) is 4.93. The van der Waals surface area contributed by atoms with Crippen molar-refractivity contribution in [1.29, 1.82) is 0 Å². The van der Waals surface area contributed by atoms with Gasteiger partial charge in [0.15, 0.2) is 0 Å². The largest absolute Gasteiger partial charge is 0.492 e. The number of hydrogen-bond donors (Lipinski definition) is 0. The maximum atomic E-state index is 6.21. The summed E-state index contributed by atoms with van der Waals surface area (Å²) >= 11 is 6.21. The summed E-state index contributed by atoms with van der Waals surface area (Å²) in [5, 5.41) is 0.664. The Hall–Kier alpha value is -1.47. The van der Waals surface area contributed by atoms with Crippen LogP contribution in [-0.4, -0.2) is 6.61 Å². The molecule has 0 spiro atoms. The molecule has 2 heteroatoms. The van der Waals surface area contributed by atoms with Gasteiger partial charge in [0.25, 0.3) is 0 Å². The highest BCUT2D eigenvalue weighted by Gasteiger charge is 2.04. The normalized spacial score (nSPS) is 10.5. The average molecular weight is 275 g/mol. The molecule has 0 aromatic heterocycles. The molecule has 0 heterocycles. The summed E-state index contributed by atoms with van der Waals surface area (Å²) in [5.41, 5.74) is 3.68. The van der Waals surface area contributed by atoms with Crippen molar-refractivity contribution in [3.05, 3.63) is 53.1 Å². The van der Waals surface area contributed by atoms with Crippen molar-refractivity contribution < 1.29 is 4.74 Å². The fourth-order valence-electron chi connectivity index (χ4n) is 2.11. The molecule has 2 aromatic carbocycles. The summed E-state index contributed by atoms with van der Waals surface area (Å²) in [7, 11) is 0. The standard InChI is InChI=1S/C17H19ClO/c1-3-5-13-6-8-14(9-7-13)15-10-11-17(19-4-2)16(18)12-15/h6-12H,3-5H2,1-2H3. The Morgan fingerprint density at radius 3 is 2.21 bits per heavy atom. The first-order valence-electron chi connectivity index (χ1n) is 6.76. The molecule has 0 atom stereocenters. The van der Waals surface area contributed by atoms with E-state index in [2.05, 4.69) is 31.2 Å². The second kappa shape index (κ2) is 6.63. The van der Waals surface area contributed by atoms with Crippen LogP contribution < -0.4 is 4.74 Å². The topological polar surface area (TPSA) is 9.23 Å². The van der Waals surface area contributed by atoms with Crippen molar-refractivity contribution in [2.45, 2.75) is 26.7 Å². The van der Waals surface area contributed by atoms with Gasteiger partial charge in [0.05, 0.1) is 11.6 Å². The maximum absolute atomic E-state index is 6.21. The van der Waals surface area contributed by atoms with E-state index in [1.54, 1.807) is 0 Å². The number of benzene rings is 2. The smallest absolute Gasteiger partial charge is 0.137 e. The van der Waals surface area contributed by atoms with E-state index < -0.39 is 0 Å². The van der Waals surface area contributed by atoms with Crippen LogP contribution in [0.5, 0.6) is 5.75 Å². The minimum Gasteiger partial charge on any atom is -0.492 e. The molecule has 0 saturated heterocycles. The van der Waals surface area contributed by atoms with Gasteiger partial charge in [0, 0.05) is 0 Å². The van der Waals surface area contributed by atoms with Crippen molar-refractivity contribution in [3.63, 3.8) is 0 Å². The Bertz CT molecular complexity index is 531. The minimum absolute atomic E-state index is 0.630. The third kappa shape index (κ3) is 3.51. The van der Waals surface area contributed by atoms with Crippen LogP contribution >= 0.6 is 11.6 Å². The Morgan fingerprint density at radius 2 is 1.63 bits per heavy atom. The lowest BCUT2D eigenvalue weighted by Crippen LogP contribution is -1.92. The Kier molecular flexibility index (Phi) is 4.86. The molecule has 0 bridgehead atoms. The predicted molar refractivity (Wildman–Crippen MR) is 82.1 cm³/mol. The summed E-state index contributed by atoms with van der Waals surface area (Å²) in [6.45, 7) is 4.78. The first-order chi connectivity index (χ1) is 9.24. The van der Waals surface area contributed by atoms with E-state index in [4.69, 9.17) is 16.3 Å². The van der Waals surface area contributed by atoms with E-state index in [0.717, 1.165) is 17.7 Å². The lowest BCUT2D eigenvalue weighted by molar-refractivity contribution is 0.340. The molecular formula is C17H19ClO. The van der Waals surface area contributed by atoms with Crippen molar-refractivity contribution in [2.24, 2.45) is 0 Å². The Morgan fingerprint density at radius 1 is 0.947 bits per heavy atom. The molecule has 0 radical (unpaired) electrons. The van der Waals surface area contributed by atoms with Crippen molar-refractivity contribution in [2.75, 3.05) is 6.61 Å². The molecule has 100 valence electrons. The van der Waals surface area contributed by atoms with Crippen molar-refractivity contribution >= 4 is 11.6 Å². The van der Waals surface area contributed by atoms with Crippen molar-refractivity contribution in [1.82, 2.24) is 0 Å². The van der Waals surface area contributed by atoms with Gasteiger partial charge in [-0.2, -0.15) is 0 Å². The van der Waals surface area contributed by atoms with E-state index in [0.29, 0.717) is 11.6 Å². The molecule has 0 unspecified atom stereocenters. The van der Waals surface area contributed by atoms with Crippen LogP contribution in [0.3, 0.4) is 0 Å². The molecule has 2 aromatic rings. The van der Waals surface area contributed by atoms with Gasteiger partial charge in [-0.3, -0.25) is 0 Å². The van der Waals surface area contributed by atoms with E-state index in [1.165, 1.54) is 17.5 Å². The highest BCUT2D eigenvalue weighted by molar-refractivity contribution is 6.32. The quantitative estimate of drug-likeness (QED) is 0.713. The molecule has 0 amide bonds. The number of halogens is 1. The highest BCUT2D eigenvalue weighted by atomic mass is 35.5. The Balaban J connectivity index is 2.24. The molecule has 0 aliphatic heterocycles. The summed E-state index contributed by atoms with van der Waals surface area (Å²) in [6, 6.07) is 14.6. The van der Waals surface area contributed by atoms with Gasteiger partial charge < -0.3 is 4.74 Å². The summed E-state index contributed by atoms with van der Waals surface area (Å²) in [6.07, 6.45) is 2.30. The predicted octanol–water partition coefficient (Wildman–Crippen LogP) is 5.36. The van der Waals surface area contributed by atoms with Crippen LogP contribution in [0, 0.1) is 0 Å². The molecule has 0 saturated carbocycles. The zero-order valence-corrected chi connectivity index (χ0v) is 12.2. The maximum Gasteiger partial charge on any atom is 0.137 e. The van der Waals surface area contributed by atoms with Gasteiger partial charge in [0.2, 0.25) is 0 Å². The first kappa shape index (κ1) is 14.0. The van der Waals surface area contributed by atoms with Crippen LogP contribution in [0.1, 0.15) is 25.8 Å². The second-order valence-electron chi connectivity index (χ2n) is 4.53. The summed E-state index contributed by atoms with van der Waals surface area (Å²) < 4.78 is 5.45. The monoisotopic (exact) mass is 274 g/mol. The molecule has 0 N–H and O–H groups in total. The van der Waals surface area contributed by atoms with Crippen LogP contribution in [0.15, 0.2) is 42.5 Å². The van der Waals surface area contributed by atoms with Crippen LogP contribution in [-0.2, 0) is 6.42 Å². The van der Waals surface area contributed by atoms with E-state index >= 15 is 0 Å². The van der Waals surface area contributed by atoms with Gasteiger partial charge in [0.1, 0.15) is 5.75 Å². The number of rotatable bonds is 5. The van der Waals surface area contributed by atoms with Crippen LogP contribution in [0.2, 0.25) is 5.02 Å². The number of ether oxygens (including phenoxy) is 1. The molecule has 0 fully saturated rings. The van der Waals surface area contributed by atoms with E-state index in [1.807, 2.05) is 25.1 Å². The fraction of sp³-hybridized carbons (Fsp3) is 0.294. The number of hydrogen-bond acceptors (Lipinski definition) is 1. The van der Waals surface area contributed by atoms with Gasteiger partial charge in [-0.25, -0.2) is 0 Å². The van der Waals surface area contributed by atoms with Gasteiger partial charge >= 0.3 is 0 Å². The van der Waals surface area contributed by atoms with E-state index in [9.17, 15) is 0 Å². The third-order valence-electron chi connectivity index (χ3n) is 3.06. The van der Waals surface area contributed by atoms with Gasteiger partial charge in [-0.15, -0.1) is 0 Å². The number of aryl methyl sites for hydroxylation is 1.